The maximum absolute atomic E-state index is 13.7. The summed E-state index contributed by atoms with van der Waals surface area (Å²) < 4.78 is 15.6. The molecule has 0 saturated carbocycles. The van der Waals surface area contributed by atoms with E-state index in [2.05, 4.69) is 12.0 Å². The molecular formula is C14H18FN3. The van der Waals surface area contributed by atoms with E-state index in [0.717, 1.165) is 17.8 Å². The first kappa shape index (κ1) is 12.6. The number of halogens is 1. The Labute approximate surface area is 106 Å². The van der Waals surface area contributed by atoms with Crippen molar-refractivity contribution in [2.45, 2.75) is 33.7 Å². The second-order valence-corrected chi connectivity index (χ2v) is 4.51. The Bertz CT molecular complexity index is 573. The molecule has 0 amide bonds. The van der Waals surface area contributed by atoms with Crippen LogP contribution in [0.25, 0.3) is 0 Å². The van der Waals surface area contributed by atoms with Gasteiger partial charge in [-0.15, -0.1) is 0 Å². The zero-order valence-electron chi connectivity index (χ0n) is 11.0. The van der Waals surface area contributed by atoms with Gasteiger partial charge >= 0.3 is 0 Å². The minimum atomic E-state index is -0.277. The van der Waals surface area contributed by atoms with E-state index in [9.17, 15) is 4.39 Å². The molecular weight excluding hydrogens is 229 g/mol. The third kappa shape index (κ3) is 2.23. The van der Waals surface area contributed by atoms with Gasteiger partial charge in [0.15, 0.2) is 0 Å². The maximum atomic E-state index is 13.7. The lowest BCUT2D eigenvalue weighted by atomic mass is 10.1. The zero-order valence-corrected chi connectivity index (χ0v) is 11.0. The molecule has 0 saturated heterocycles. The van der Waals surface area contributed by atoms with Crippen LogP contribution in [0.2, 0.25) is 0 Å². The molecule has 0 aliphatic rings. The fourth-order valence-corrected chi connectivity index (χ4v) is 2.25. The zero-order chi connectivity index (χ0) is 13.3. The van der Waals surface area contributed by atoms with Gasteiger partial charge < -0.3 is 5.73 Å². The first-order valence-electron chi connectivity index (χ1n) is 6.09. The van der Waals surface area contributed by atoms with E-state index in [-0.39, 0.29) is 5.82 Å². The predicted octanol–water partition coefficient (Wildman–Crippen LogP) is 2.83. The molecule has 1 aromatic heterocycles. The Morgan fingerprint density at radius 3 is 2.61 bits per heavy atom. The number of rotatable bonds is 3. The van der Waals surface area contributed by atoms with Crippen molar-refractivity contribution in [1.82, 2.24) is 9.78 Å². The largest absolute Gasteiger partial charge is 0.399 e. The quantitative estimate of drug-likeness (QED) is 0.847. The van der Waals surface area contributed by atoms with Gasteiger partial charge in [-0.3, -0.25) is 4.68 Å². The number of aryl methyl sites for hydroxylation is 1. The normalized spacial score (nSPS) is 10.9. The van der Waals surface area contributed by atoms with Crippen LogP contribution < -0.4 is 5.73 Å². The first-order valence-corrected chi connectivity index (χ1v) is 6.09. The van der Waals surface area contributed by atoms with E-state index < -0.39 is 0 Å². The number of hydrogen-bond donors (Lipinski definition) is 1. The van der Waals surface area contributed by atoms with Crippen molar-refractivity contribution in [3.05, 3.63) is 46.5 Å². The van der Waals surface area contributed by atoms with Crippen LogP contribution >= 0.6 is 0 Å². The van der Waals surface area contributed by atoms with Crippen molar-refractivity contribution >= 4 is 5.69 Å². The highest BCUT2D eigenvalue weighted by molar-refractivity contribution is 5.40. The molecule has 0 bridgehead atoms. The summed E-state index contributed by atoms with van der Waals surface area (Å²) in [7, 11) is 0. The van der Waals surface area contributed by atoms with E-state index >= 15 is 0 Å². The maximum Gasteiger partial charge on any atom is 0.130 e. The van der Waals surface area contributed by atoms with Gasteiger partial charge in [-0.25, -0.2) is 4.39 Å². The van der Waals surface area contributed by atoms with E-state index in [0.29, 0.717) is 17.8 Å². The summed E-state index contributed by atoms with van der Waals surface area (Å²) in [5, 5.41) is 4.46. The van der Waals surface area contributed by atoms with Crippen molar-refractivity contribution in [2.24, 2.45) is 0 Å². The summed E-state index contributed by atoms with van der Waals surface area (Å²) in [6.07, 6.45) is 0.946. The van der Waals surface area contributed by atoms with Crippen molar-refractivity contribution in [3.8, 4) is 0 Å². The van der Waals surface area contributed by atoms with E-state index in [1.165, 1.54) is 11.6 Å². The summed E-state index contributed by atoms with van der Waals surface area (Å²) in [6.45, 7) is 6.56. The Hall–Kier alpha value is -1.84. The van der Waals surface area contributed by atoms with E-state index in [1.807, 2.05) is 18.5 Å². The van der Waals surface area contributed by atoms with Gasteiger partial charge in [0.25, 0.3) is 0 Å². The molecule has 1 aromatic carbocycles. The van der Waals surface area contributed by atoms with Crippen LogP contribution in [0.15, 0.2) is 18.2 Å². The molecule has 0 unspecified atom stereocenters. The minimum absolute atomic E-state index is 0.277. The van der Waals surface area contributed by atoms with Gasteiger partial charge in [-0.2, -0.15) is 5.10 Å². The van der Waals surface area contributed by atoms with E-state index in [4.69, 9.17) is 5.73 Å². The molecule has 0 fully saturated rings. The summed E-state index contributed by atoms with van der Waals surface area (Å²) >= 11 is 0. The molecule has 0 radical (unpaired) electrons. The smallest absolute Gasteiger partial charge is 0.130 e. The highest BCUT2D eigenvalue weighted by Crippen LogP contribution is 2.17. The van der Waals surface area contributed by atoms with Crippen LogP contribution in [-0.2, 0) is 13.0 Å². The third-order valence-electron chi connectivity index (χ3n) is 3.28. The average molecular weight is 247 g/mol. The molecule has 3 nitrogen and oxygen atoms in total. The monoisotopic (exact) mass is 247 g/mol. The van der Waals surface area contributed by atoms with E-state index in [1.54, 1.807) is 12.1 Å². The second kappa shape index (κ2) is 4.80. The highest BCUT2D eigenvalue weighted by atomic mass is 19.1. The molecule has 2 aromatic rings. The van der Waals surface area contributed by atoms with Crippen molar-refractivity contribution < 1.29 is 4.39 Å². The average Bonchev–Trinajstić information content (AvgIpc) is 2.58. The number of hydrogen-bond acceptors (Lipinski definition) is 2. The predicted molar refractivity (Wildman–Crippen MR) is 71.0 cm³/mol. The lowest BCUT2D eigenvalue weighted by Gasteiger charge is -2.07. The molecule has 96 valence electrons. The molecule has 0 aliphatic carbocycles. The lowest BCUT2D eigenvalue weighted by molar-refractivity contribution is 0.579. The molecule has 0 atom stereocenters. The van der Waals surface area contributed by atoms with Crippen LogP contribution in [0.4, 0.5) is 10.1 Å². The first-order chi connectivity index (χ1) is 8.52. The highest BCUT2D eigenvalue weighted by Gasteiger charge is 2.11. The Morgan fingerprint density at radius 2 is 2.06 bits per heavy atom. The number of nitrogens with two attached hydrogens (primary N) is 1. The van der Waals surface area contributed by atoms with Gasteiger partial charge in [0.05, 0.1) is 12.2 Å². The molecule has 2 rings (SSSR count). The topological polar surface area (TPSA) is 43.8 Å². The fraction of sp³-hybridized carbons (Fsp3) is 0.357. The van der Waals surface area contributed by atoms with Crippen LogP contribution in [0, 0.1) is 19.7 Å². The number of nitrogens with zero attached hydrogens (tertiary/aromatic N) is 2. The van der Waals surface area contributed by atoms with Gasteiger partial charge in [0, 0.05) is 16.9 Å². The Balaban J connectivity index is 2.34. The molecule has 1 heterocycles. The lowest BCUT2D eigenvalue weighted by Crippen LogP contribution is -2.06. The van der Waals surface area contributed by atoms with Crippen LogP contribution in [0.5, 0.6) is 0 Å². The molecule has 0 spiro atoms. The van der Waals surface area contributed by atoms with Crippen molar-refractivity contribution in [1.29, 1.82) is 0 Å². The summed E-state index contributed by atoms with van der Waals surface area (Å²) in [5.41, 5.74) is 9.95. The minimum Gasteiger partial charge on any atom is -0.399 e. The number of anilines is 1. The number of benzene rings is 1. The van der Waals surface area contributed by atoms with Gasteiger partial charge in [0.1, 0.15) is 5.82 Å². The summed E-state index contributed by atoms with van der Waals surface area (Å²) in [4.78, 5) is 0. The Morgan fingerprint density at radius 1 is 1.33 bits per heavy atom. The van der Waals surface area contributed by atoms with Crippen LogP contribution in [0.1, 0.15) is 29.4 Å². The molecule has 2 N–H and O–H groups in total. The second-order valence-electron chi connectivity index (χ2n) is 4.51. The fourth-order valence-electron chi connectivity index (χ4n) is 2.25. The SMILES string of the molecule is CCc1c(C)nn(Cc2ccc(N)cc2F)c1C. The van der Waals surface area contributed by atoms with Crippen molar-refractivity contribution in [2.75, 3.05) is 5.73 Å². The van der Waals surface area contributed by atoms with Crippen LogP contribution in [-0.4, -0.2) is 9.78 Å². The summed E-state index contributed by atoms with van der Waals surface area (Å²) in [6, 6.07) is 4.78. The third-order valence-corrected chi connectivity index (χ3v) is 3.28. The molecule has 0 aliphatic heterocycles. The molecule has 18 heavy (non-hydrogen) atoms. The van der Waals surface area contributed by atoms with Crippen LogP contribution in [0.3, 0.4) is 0 Å². The van der Waals surface area contributed by atoms with Gasteiger partial charge in [-0.1, -0.05) is 13.0 Å². The standard InChI is InChI=1S/C14H18FN3/c1-4-13-9(2)17-18(10(13)3)8-11-5-6-12(16)7-14(11)15/h5-7H,4,8,16H2,1-3H3. The molecule has 4 heteroatoms. The van der Waals surface area contributed by atoms with Gasteiger partial charge in [-0.05, 0) is 38.0 Å². The number of aromatic nitrogens is 2. The van der Waals surface area contributed by atoms with Gasteiger partial charge in [0.2, 0.25) is 0 Å². The number of nitrogen functional groups attached to an aromatic ring is 1. The van der Waals surface area contributed by atoms with Crippen molar-refractivity contribution in [3.63, 3.8) is 0 Å². The summed E-state index contributed by atoms with van der Waals surface area (Å²) in [5.74, 6) is -0.277. The Kier molecular flexibility index (Phi) is 3.36.